The Hall–Kier alpha value is -3.59. The Bertz CT molecular complexity index is 1290. The summed E-state index contributed by atoms with van der Waals surface area (Å²) in [5.74, 6) is 1.32. The fourth-order valence-electron chi connectivity index (χ4n) is 3.59. The van der Waals surface area contributed by atoms with Crippen molar-refractivity contribution in [2.75, 3.05) is 18.2 Å². The number of para-hydroxylation sites is 1. The number of ether oxygens (including phenoxy) is 1. The van der Waals surface area contributed by atoms with Gasteiger partial charge in [0.2, 0.25) is 5.91 Å². The Labute approximate surface area is 196 Å². The van der Waals surface area contributed by atoms with Gasteiger partial charge in [0, 0.05) is 41.9 Å². The van der Waals surface area contributed by atoms with E-state index in [2.05, 4.69) is 27.0 Å². The Morgan fingerprint density at radius 2 is 1.85 bits per heavy atom. The number of methoxy groups -OCH3 is 1. The van der Waals surface area contributed by atoms with Gasteiger partial charge in [-0.2, -0.15) is 0 Å². The van der Waals surface area contributed by atoms with Crippen molar-refractivity contribution >= 4 is 40.0 Å². The van der Waals surface area contributed by atoms with E-state index in [0.717, 1.165) is 23.2 Å². The predicted molar refractivity (Wildman–Crippen MR) is 129 cm³/mol. The third kappa shape index (κ3) is 4.93. The normalized spacial score (nSPS) is 11.0. The monoisotopic (exact) mass is 463 g/mol. The lowest BCUT2D eigenvalue weighted by molar-refractivity contribution is -0.115. The summed E-state index contributed by atoms with van der Waals surface area (Å²) in [7, 11) is 3.39. The number of aromatic nitrogens is 4. The van der Waals surface area contributed by atoms with Gasteiger partial charge in [-0.15, -0.1) is 10.2 Å². The first kappa shape index (κ1) is 22.6. The third-order valence-corrected chi connectivity index (χ3v) is 6.40. The van der Waals surface area contributed by atoms with Crippen LogP contribution in [0.25, 0.3) is 10.9 Å². The zero-order valence-electron chi connectivity index (χ0n) is 18.7. The molecule has 0 saturated heterocycles. The maximum atomic E-state index is 12.9. The molecule has 0 radical (unpaired) electrons. The highest BCUT2D eigenvalue weighted by atomic mass is 32.2. The third-order valence-electron chi connectivity index (χ3n) is 5.38. The molecule has 4 aromatic rings. The van der Waals surface area contributed by atoms with Crippen molar-refractivity contribution in [2.24, 2.45) is 7.05 Å². The number of fused-ring (bicyclic) bond motifs is 1. The fraction of sp³-hybridized carbons (Fsp3) is 0.250. The lowest BCUT2D eigenvalue weighted by atomic mass is 10.1. The number of hydrogen-bond acceptors (Lipinski definition) is 6. The van der Waals surface area contributed by atoms with Gasteiger partial charge < -0.3 is 19.2 Å². The summed E-state index contributed by atoms with van der Waals surface area (Å²) in [5.41, 5.74) is 2.44. The van der Waals surface area contributed by atoms with Crippen LogP contribution in [0.5, 0.6) is 5.75 Å². The zero-order chi connectivity index (χ0) is 23.4. The molecule has 8 nitrogen and oxygen atoms in total. The van der Waals surface area contributed by atoms with Crippen LogP contribution >= 0.6 is 11.8 Å². The van der Waals surface area contributed by atoms with Gasteiger partial charge >= 0.3 is 0 Å². The number of nitrogens with zero attached hydrogens (tertiary/aromatic N) is 4. The molecule has 0 spiro atoms. The van der Waals surface area contributed by atoms with Crippen molar-refractivity contribution < 1.29 is 14.3 Å². The predicted octanol–water partition coefficient (Wildman–Crippen LogP) is 3.95. The molecule has 0 aliphatic heterocycles. The molecule has 9 heteroatoms. The first-order chi connectivity index (χ1) is 16.0. The number of thioether (sulfide) groups is 1. The van der Waals surface area contributed by atoms with Crippen LogP contribution in [0.3, 0.4) is 0 Å². The maximum absolute atomic E-state index is 12.9. The summed E-state index contributed by atoms with van der Waals surface area (Å²) in [4.78, 5) is 25.4. The summed E-state index contributed by atoms with van der Waals surface area (Å²) in [6.07, 6.45) is 1.99. The van der Waals surface area contributed by atoms with Crippen LogP contribution in [0.2, 0.25) is 0 Å². The molecular formula is C24H25N5O3S. The topological polar surface area (TPSA) is 91.0 Å². The van der Waals surface area contributed by atoms with E-state index in [1.165, 1.54) is 11.8 Å². The minimum Gasteiger partial charge on any atom is -0.497 e. The highest BCUT2D eigenvalue weighted by molar-refractivity contribution is 7.99. The molecule has 0 fully saturated rings. The van der Waals surface area contributed by atoms with Crippen LogP contribution in [0, 0.1) is 0 Å². The first-order valence-corrected chi connectivity index (χ1v) is 11.5. The van der Waals surface area contributed by atoms with Gasteiger partial charge in [0.15, 0.2) is 10.9 Å². The second kappa shape index (κ2) is 9.91. The van der Waals surface area contributed by atoms with Gasteiger partial charge in [0.05, 0.1) is 19.3 Å². The van der Waals surface area contributed by atoms with Crippen molar-refractivity contribution in [2.45, 2.75) is 25.0 Å². The molecule has 4 rings (SSSR count). The molecule has 0 saturated carbocycles. The highest BCUT2D eigenvalue weighted by Crippen LogP contribution is 2.25. The summed E-state index contributed by atoms with van der Waals surface area (Å²) in [6.45, 7) is 2.85. The van der Waals surface area contributed by atoms with Crippen molar-refractivity contribution in [1.29, 1.82) is 0 Å². The second-order valence-corrected chi connectivity index (χ2v) is 8.41. The van der Waals surface area contributed by atoms with E-state index in [-0.39, 0.29) is 23.9 Å². The number of ketones is 1. The van der Waals surface area contributed by atoms with Crippen molar-refractivity contribution in [3.05, 3.63) is 66.1 Å². The number of benzene rings is 2. The molecule has 2 aromatic carbocycles. The molecule has 0 bridgehead atoms. The minimum absolute atomic E-state index is 0.0326. The number of carbonyl (C=O) groups is 2. The molecular weight excluding hydrogens is 438 g/mol. The number of anilines is 1. The molecule has 33 heavy (non-hydrogen) atoms. The van der Waals surface area contributed by atoms with Crippen LogP contribution in [-0.4, -0.2) is 43.9 Å². The van der Waals surface area contributed by atoms with Gasteiger partial charge in [-0.1, -0.05) is 30.0 Å². The summed E-state index contributed by atoms with van der Waals surface area (Å²) in [5, 5.41) is 12.7. The van der Waals surface area contributed by atoms with E-state index in [1.54, 1.807) is 43.0 Å². The lowest BCUT2D eigenvalue weighted by Crippen LogP contribution is -2.17. The second-order valence-electron chi connectivity index (χ2n) is 7.47. The van der Waals surface area contributed by atoms with Crippen LogP contribution in [0.1, 0.15) is 23.1 Å². The van der Waals surface area contributed by atoms with Gasteiger partial charge in [-0.3, -0.25) is 9.59 Å². The van der Waals surface area contributed by atoms with Gasteiger partial charge in [0.1, 0.15) is 11.6 Å². The van der Waals surface area contributed by atoms with Gasteiger partial charge in [-0.05, 0) is 37.3 Å². The summed E-state index contributed by atoms with van der Waals surface area (Å²) >= 11 is 1.32. The Balaban J connectivity index is 1.39. The number of Topliss-reactive ketones (excluding diaryl/α,β-unsaturated/α-hetero) is 1. The number of nitrogens with one attached hydrogen (secondary N) is 1. The van der Waals surface area contributed by atoms with Crippen LogP contribution in [0.15, 0.2) is 59.9 Å². The molecule has 2 heterocycles. The molecule has 0 aliphatic rings. The molecule has 1 N–H and O–H groups in total. The fourth-order valence-corrected chi connectivity index (χ4v) is 4.40. The molecule has 0 aliphatic carbocycles. The highest BCUT2D eigenvalue weighted by Gasteiger charge is 2.18. The Kier molecular flexibility index (Phi) is 6.79. The summed E-state index contributed by atoms with van der Waals surface area (Å²) in [6, 6.07) is 15.0. The zero-order valence-corrected chi connectivity index (χ0v) is 19.6. The minimum atomic E-state index is -0.198. The number of aryl methyl sites for hydroxylation is 1. The van der Waals surface area contributed by atoms with Gasteiger partial charge in [0.25, 0.3) is 0 Å². The lowest BCUT2D eigenvalue weighted by Gasteiger charge is -2.07. The van der Waals surface area contributed by atoms with Crippen molar-refractivity contribution in [1.82, 2.24) is 19.3 Å². The average molecular weight is 464 g/mol. The molecule has 170 valence electrons. The molecule has 1 amide bonds. The largest absolute Gasteiger partial charge is 0.497 e. The van der Waals surface area contributed by atoms with E-state index in [1.807, 2.05) is 30.5 Å². The van der Waals surface area contributed by atoms with E-state index in [0.29, 0.717) is 22.2 Å². The average Bonchev–Trinajstić information content (AvgIpc) is 3.38. The molecule has 2 aromatic heterocycles. The van der Waals surface area contributed by atoms with E-state index >= 15 is 0 Å². The number of hydrogen-bond donors (Lipinski definition) is 1. The van der Waals surface area contributed by atoms with Crippen LogP contribution < -0.4 is 10.1 Å². The van der Waals surface area contributed by atoms with Gasteiger partial charge in [-0.25, -0.2) is 0 Å². The molecule has 0 unspecified atom stereocenters. The van der Waals surface area contributed by atoms with E-state index < -0.39 is 0 Å². The summed E-state index contributed by atoms with van der Waals surface area (Å²) < 4.78 is 8.95. The Morgan fingerprint density at radius 3 is 2.58 bits per heavy atom. The van der Waals surface area contributed by atoms with Crippen molar-refractivity contribution in [3.63, 3.8) is 0 Å². The first-order valence-electron chi connectivity index (χ1n) is 10.6. The SMILES string of the molecule is CCn1cc(C(=O)CSc2nnc(CC(=O)Nc3ccc(OC)cc3)n2C)c2ccccc21. The molecule has 0 atom stereocenters. The Morgan fingerprint density at radius 1 is 1.09 bits per heavy atom. The van der Waals surface area contributed by atoms with E-state index in [9.17, 15) is 9.59 Å². The van der Waals surface area contributed by atoms with Crippen LogP contribution in [0.4, 0.5) is 5.69 Å². The maximum Gasteiger partial charge on any atom is 0.232 e. The standard InChI is InChI=1S/C24H25N5O3S/c1-4-29-14-19(18-7-5-6-8-20(18)29)21(30)15-33-24-27-26-22(28(24)2)13-23(31)25-16-9-11-17(32-3)12-10-16/h5-12,14H,4,13,15H2,1-3H3,(H,25,31). The van der Waals surface area contributed by atoms with E-state index in [4.69, 9.17) is 4.74 Å². The number of carbonyl (C=O) groups excluding carboxylic acids is 2. The number of amides is 1. The van der Waals surface area contributed by atoms with Crippen LogP contribution in [-0.2, 0) is 24.8 Å². The van der Waals surface area contributed by atoms with Crippen molar-refractivity contribution in [3.8, 4) is 5.75 Å². The number of rotatable bonds is 9. The smallest absolute Gasteiger partial charge is 0.232 e. The quantitative estimate of drug-likeness (QED) is 0.299.